The number of halogens is 1. The highest BCUT2D eigenvalue weighted by molar-refractivity contribution is 5.94. The fourth-order valence-electron chi connectivity index (χ4n) is 1.90. The molecular formula is C15H21FN2O2. The van der Waals surface area contributed by atoms with Crippen LogP contribution in [-0.2, 0) is 4.79 Å². The van der Waals surface area contributed by atoms with E-state index in [1.54, 1.807) is 0 Å². The molecular weight excluding hydrogens is 258 g/mol. The van der Waals surface area contributed by atoms with Gasteiger partial charge in [-0.1, -0.05) is 0 Å². The first-order chi connectivity index (χ1) is 9.49. The van der Waals surface area contributed by atoms with E-state index in [2.05, 4.69) is 10.6 Å². The van der Waals surface area contributed by atoms with Crippen LogP contribution in [0.2, 0.25) is 0 Å². The van der Waals surface area contributed by atoms with Crippen molar-refractivity contribution in [3.05, 3.63) is 35.6 Å². The van der Waals surface area contributed by atoms with Crippen LogP contribution in [0, 0.1) is 5.82 Å². The van der Waals surface area contributed by atoms with Crippen LogP contribution in [0.4, 0.5) is 4.39 Å². The summed E-state index contributed by atoms with van der Waals surface area (Å²) in [6.45, 7) is 4.03. The van der Waals surface area contributed by atoms with Gasteiger partial charge < -0.3 is 10.6 Å². The molecule has 0 fully saturated rings. The molecule has 0 saturated heterocycles. The Labute approximate surface area is 118 Å². The van der Waals surface area contributed by atoms with E-state index in [0.29, 0.717) is 12.1 Å². The Bertz CT molecular complexity index is 446. The van der Waals surface area contributed by atoms with Crippen LogP contribution in [0.25, 0.3) is 0 Å². The highest BCUT2D eigenvalue weighted by atomic mass is 18.2. The summed E-state index contributed by atoms with van der Waals surface area (Å²) in [7, 11) is 0. The summed E-state index contributed by atoms with van der Waals surface area (Å²) in [5.41, 5.74) is 0.456. The van der Waals surface area contributed by atoms with E-state index in [0.717, 1.165) is 19.3 Å². The molecule has 0 aromatic heterocycles. The maximum Gasteiger partial charge on any atom is 0.251 e. The zero-order chi connectivity index (χ0) is 15.0. The molecule has 1 aromatic rings. The van der Waals surface area contributed by atoms with Crippen LogP contribution < -0.4 is 10.6 Å². The van der Waals surface area contributed by atoms with Crippen molar-refractivity contribution in [2.24, 2.45) is 0 Å². The first-order valence-electron chi connectivity index (χ1n) is 6.80. The fraction of sp³-hybridized carbons (Fsp3) is 0.467. The maximum absolute atomic E-state index is 12.7. The molecule has 4 nitrogen and oxygen atoms in total. The van der Waals surface area contributed by atoms with Gasteiger partial charge in [0.2, 0.25) is 5.91 Å². The lowest BCUT2D eigenvalue weighted by Gasteiger charge is -2.12. The van der Waals surface area contributed by atoms with Crippen molar-refractivity contribution in [1.82, 2.24) is 10.6 Å². The predicted octanol–water partition coefficient (Wildman–Crippen LogP) is 2.25. The number of nitrogens with one attached hydrogen (secondary N) is 2. The molecule has 0 saturated carbocycles. The summed E-state index contributed by atoms with van der Waals surface area (Å²) >= 11 is 0. The molecule has 2 amide bonds. The molecule has 0 spiro atoms. The van der Waals surface area contributed by atoms with Crippen LogP contribution in [0.1, 0.15) is 43.5 Å². The molecule has 1 atom stereocenters. The Morgan fingerprint density at radius 1 is 1.20 bits per heavy atom. The van der Waals surface area contributed by atoms with Gasteiger partial charge in [-0.2, -0.15) is 0 Å². The Kier molecular flexibility index (Phi) is 6.70. The molecule has 20 heavy (non-hydrogen) atoms. The number of amides is 2. The summed E-state index contributed by atoms with van der Waals surface area (Å²) in [5.74, 6) is -0.574. The van der Waals surface area contributed by atoms with E-state index in [4.69, 9.17) is 0 Å². The standard InChI is InChI=1S/C15H21FN2O2/c1-11(18-12(2)19)5-3-4-10-17-15(20)13-6-8-14(16)9-7-13/h6-9,11H,3-5,10H2,1-2H3,(H,17,20)(H,18,19)/t11-/m1/s1/i16-1. The number of carbonyl (C=O) groups is 2. The third-order valence-electron chi connectivity index (χ3n) is 2.91. The minimum absolute atomic E-state index is 0.0258. The highest BCUT2D eigenvalue weighted by Gasteiger charge is 2.05. The molecule has 0 heterocycles. The molecule has 0 aliphatic heterocycles. The zero-order valence-electron chi connectivity index (χ0n) is 11.9. The molecule has 0 aliphatic rings. The first-order valence-corrected chi connectivity index (χ1v) is 6.80. The maximum atomic E-state index is 12.7. The second kappa shape index (κ2) is 8.30. The smallest absolute Gasteiger partial charge is 0.251 e. The Hall–Kier alpha value is -1.91. The van der Waals surface area contributed by atoms with Crippen LogP contribution in [-0.4, -0.2) is 24.4 Å². The van der Waals surface area contributed by atoms with Crippen molar-refractivity contribution in [2.75, 3.05) is 6.54 Å². The van der Waals surface area contributed by atoms with Gasteiger partial charge in [-0.05, 0) is 50.5 Å². The van der Waals surface area contributed by atoms with Gasteiger partial charge >= 0.3 is 0 Å². The van der Waals surface area contributed by atoms with E-state index < -0.39 is 0 Å². The molecule has 0 radical (unpaired) electrons. The number of carbonyl (C=O) groups excluding carboxylic acids is 2. The van der Waals surface area contributed by atoms with Crippen molar-refractivity contribution in [1.29, 1.82) is 0 Å². The van der Waals surface area contributed by atoms with Crippen LogP contribution in [0.15, 0.2) is 24.3 Å². The monoisotopic (exact) mass is 279 g/mol. The lowest BCUT2D eigenvalue weighted by atomic mass is 10.1. The second-order valence-corrected chi connectivity index (χ2v) is 4.86. The highest BCUT2D eigenvalue weighted by Crippen LogP contribution is 2.03. The molecule has 5 heteroatoms. The predicted molar refractivity (Wildman–Crippen MR) is 75.9 cm³/mol. The number of hydrogen-bond acceptors (Lipinski definition) is 2. The van der Waals surface area contributed by atoms with Crippen molar-refractivity contribution in [3.8, 4) is 0 Å². The minimum Gasteiger partial charge on any atom is -0.354 e. The van der Waals surface area contributed by atoms with Crippen LogP contribution >= 0.6 is 0 Å². The van der Waals surface area contributed by atoms with E-state index in [-0.39, 0.29) is 23.7 Å². The van der Waals surface area contributed by atoms with Gasteiger partial charge in [-0.15, -0.1) is 0 Å². The average Bonchev–Trinajstić information content (AvgIpc) is 2.38. The summed E-state index contributed by atoms with van der Waals surface area (Å²) < 4.78 is 12.7. The van der Waals surface area contributed by atoms with Gasteiger partial charge in [0.05, 0.1) is 0 Å². The number of rotatable bonds is 7. The normalized spacial score (nSPS) is 11.8. The second-order valence-electron chi connectivity index (χ2n) is 4.86. The van der Waals surface area contributed by atoms with E-state index in [1.807, 2.05) is 6.92 Å². The van der Waals surface area contributed by atoms with Crippen molar-refractivity contribution >= 4 is 11.8 Å². The number of hydrogen-bond donors (Lipinski definition) is 2. The van der Waals surface area contributed by atoms with Crippen LogP contribution in [0.5, 0.6) is 0 Å². The number of unbranched alkanes of at least 4 members (excludes halogenated alkanes) is 1. The summed E-state index contributed by atoms with van der Waals surface area (Å²) in [4.78, 5) is 22.5. The molecule has 0 aliphatic carbocycles. The number of benzene rings is 1. The molecule has 1 rings (SSSR count). The topological polar surface area (TPSA) is 58.2 Å². The van der Waals surface area contributed by atoms with Crippen molar-refractivity contribution < 1.29 is 14.0 Å². The summed E-state index contributed by atoms with van der Waals surface area (Å²) in [6.07, 6.45) is 2.65. The SMILES string of the molecule is CC(=O)N[C@H](C)CCCCNC(=O)c1ccc([18F])cc1. The van der Waals surface area contributed by atoms with Crippen molar-refractivity contribution in [3.63, 3.8) is 0 Å². The lowest BCUT2D eigenvalue weighted by molar-refractivity contribution is -0.119. The lowest BCUT2D eigenvalue weighted by Crippen LogP contribution is -2.30. The molecule has 110 valence electrons. The van der Waals surface area contributed by atoms with Crippen molar-refractivity contribution in [2.45, 2.75) is 39.2 Å². The third-order valence-corrected chi connectivity index (χ3v) is 2.91. The summed E-state index contributed by atoms with van der Waals surface area (Å²) in [5, 5.41) is 5.60. The van der Waals surface area contributed by atoms with E-state index in [1.165, 1.54) is 31.2 Å². The summed E-state index contributed by atoms with van der Waals surface area (Å²) in [6, 6.07) is 5.61. The Balaban J connectivity index is 2.16. The van der Waals surface area contributed by atoms with Gasteiger partial charge in [0, 0.05) is 25.1 Å². The van der Waals surface area contributed by atoms with E-state index >= 15 is 0 Å². The van der Waals surface area contributed by atoms with Crippen LogP contribution in [0.3, 0.4) is 0 Å². The molecule has 2 N–H and O–H groups in total. The van der Waals surface area contributed by atoms with Gasteiger partial charge in [-0.3, -0.25) is 9.59 Å². The van der Waals surface area contributed by atoms with Gasteiger partial charge in [-0.25, -0.2) is 4.39 Å². The fourth-order valence-corrected chi connectivity index (χ4v) is 1.90. The zero-order valence-corrected chi connectivity index (χ0v) is 11.9. The Morgan fingerprint density at radius 2 is 1.85 bits per heavy atom. The Morgan fingerprint density at radius 3 is 2.45 bits per heavy atom. The minimum atomic E-state index is -0.353. The average molecular weight is 279 g/mol. The molecule has 1 aromatic carbocycles. The molecule has 0 unspecified atom stereocenters. The van der Waals surface area contributed by atoms with Gasteiger partial charge in [0.1, 0.15) is 5.82 Å². The third kappa shape index (κ3) is 6.31. The molecule has 0 bridgehead atoms. The van der Waals surface area contributed by atoms with Gasteiger partial charge in [0.25, 0.3) is 5.91 Å². The van der Waals surface area contributed by atoms with E-state index in [9.17, 15) is 14.0 Å². The van der Waals surface area contributed by atoms with Gasteiger partial charge in [0.15, 0.2) is 0 Å². The quantitative estimate of drug-likeness (QED) is 0.752. The largest absolute Gasteiger partial charge is 0.354 e. The first kappa shape index (κ1) is 16.1.